The molecule has 17 nitrogen and oxygen atoms in total. The molecule has 4 atom stereocenters. The number of unbranched alkanes of at least 4 members (excludes halogenated alkanes) is 5. The number of sulfonamides is 1. The maximum atomic E-state index is 14.6. The molecule has 19 heteroatoms. The van der Waals surface area contributed by atoms with Crippen LogP contribution in [0.1, 0.15) is 106 Å². The van der Waals surface area contributed by atoms with Crippen LogP contribution in [0, 0.1) is 11.8 Å². The molecule has 3 amide bonds. The minimum Gasteiger partial charge on any atom is -0.497 e. The van der Waals surface area contributed by atoms with Gasteiger partial charge in [0.05, 0.1) is 30.6 Å². The summed E-state index contributed by atoms with van der Waals surface area (Å²) < 4.78 is 48.2. The van der Waals surface area contributed by atoms with Gasteiger partial charge < -0.3 is 35.3 Å². The summed E-state index contributed by atoms with van der Waals surface area (Å²) in [6.45, 7) is 13.5. The van der Waals surface area contributed by atoms with Gasteiger partial charge in [-0.1, -0.05) is 51.7 Å². The van der Waals surface area contributed by atoms with Crippen LogP contribution in [0.4, 0.5) is 15.6 Å². The molecule has 0 spiro atoms. The van der Waals surface area contributed by atoms with Crippen molar-refractivity contribution in [1.29, 1.82) is 0 Å². The quantitative estimate of drug-likeness (QED) is 0.0468. The lowest BCUT2D eigenvalue weighted by Crippen LogP contribution is -2.57. The number of fused-ring (bicyclic) bond motifs is 1. The third kappa shape index (κ3) is 13.1. The number of aromatic nitrogens is 2. The Labute approximate surface area is 397 Å². The number of carboxylic acids is 1. The second-order valence-electron chi connectivity index (χ2n) is 19.0. The van der Waals surface area contributed by atoms with Crippen LogP contribution in [-0.2, 0) is 29.1 Å². The molecular weight excluding hydrogens is 899 g/mol. The molecule has 2 aromatic carbocycles. The molecule has 1 aliphatic heterocycles. The first-order valence-corrected chi connectivity index (χ1v) is 25.4. The van der Waals surface area contributed by atoms with Crippen LogP contribution < -0.4 is 30.1 Å². The van der Waals surface area contributed by atoms with E-state index >= 15 is 0 Å². The summed E-state index contributed by atoms with van der Waals surface area (Å²) in [6, 6.07) is 12.6. The minimum atomic E-state index is -4.43. The van der Waals surface area contributed by atoms with E-state index in [4.69, 9.17) is 29.3 Å². The summed E-state index contributed by atoms with van der Waals surface area (Å²) in [5.74, 6) is -1.77. The smallest absolute Gasteiger partial charge is 0.411 e. The van der Waals surface area contributed by atoms with Gasteiger partial charge in [-0.05, 0) is 90.0 Å². The first-order chi connectivity index (χ1) is 31.7. The number of likely N-dealkylation sites (tertiary alicyclic amines) is 1. The van der Waals surface area contributed by atoms with Gasteiger partial charge >= 0.3 is 12.1 Å². The fourth-order valence-corrected chi connectivity index (χ4v) is 10.4. The molecule has 364 valence electrons. The molecule has 1 saturated heterocycles. The zero-order valence-electron chi connectivity index (χ0n) is 39.6. The van der Waals surface area contributed by atoms with E-state index in [9.17, 15) is 27.6 Å². The molecule has 2 aliphatic rings. The van der Waals surface area contributed by atoms with Crippen LogP contribution in [0.25, 0.3) is 22.3 Å². The lowest BCUT2D eigenvalue weighted by atomic mass is 10.0. The number of amides is 3. The molecule has 2 aromatic heterocycles. The van der Waals surface area contributed by atoms with E-state index in [1.165, 1.54) is 22.3 Å². The number of carboxylic acid groups (broad SMARTS) is 1. The SMILES string of the molecule is COc1ccc2c(O[C@@H]3C[C@@H](C(=O)N[C@]4(C(=O)NS(=O)(=O)c5ccccc5NCCCCCCCCC(=O)O)C[C@H]4C(C)C)N(C(=O)OC(C)(C)C)C3)cc(-c3csc(NC(C)C)n3)nc2c1. The van der Waals surface area contributed by atoms with E-state index in [1.54, 1.807) is 64.3 Å². The maximum absolute atomic E-state index is 14.6. The second-order valence-corrected chi connectivity index (χ2v) is 21.5. The number of para-hydroxylation sites is 1. The van der Waals surface area contributed by atoms with Crippen molar-refractivity contribution in [2.45, 2.75) is 140 Å². The molecule has 1 saturated carbocycles. The summed E-state index contributed by atoms with van der Waals surface area (Å²) in [5, 5.41) is 21.6. The number of rotatable bonds is 22. The van der Waals surface area contributed by atoms with Gasteiger partial charge in [-0.2, -0.15) is 0 Å². The number of hydrogen-bond donors (Lipinski definition) is 5. The zero-order chi connectivity index (χ0) is 48.7. The minimum absolute atomic E-state index is 0.0285. The van der Waals surface area contributed by atoms with Crippen LogP contribution >= 0.6 is 11.3 Å². The van der Waals surface area contributed by atoms with Crippen molar-refractivity contribution in [2.24, 2.45) is 11.8 Å². The number of anilines is 2. The Balaban J connectivity index is 1.20. The summed E-state index contributed by atoms with van der Waals surface area (Å²) >= 11 is 1.45. The highest BCUT2D eigenvalue weighted by atomic mass is 32.2. The van der Waals surface area contributed by atoms with E-state index in [2.05, 4.69) is 20.7 Å². The van der Waals surface area contributed by atoms with Crippen LogP contribution in [-0.4, -0.2) is 102 Å². The Hall–Kier alpha value is -5.69. The van der Waals surface area contributed by atoms with E-state index < -0.39 is 63.1 Å². The Kier molecular flexibility index (Phi) is 16.3. The van der Waals surface area contributed by atoms with Crippen molar-refractivity contribution in [1.82, 2.24) is 24.9 Å². The van der Waals surface area contributed by atoms with Crippen LogP contribution in [0.2, 0.25) is 0 Å². The monoisotopic (exact) mass is 963 g/mol. The number of pyridine rings is 1. The zero-order valence-corrected chi connectivity index (χ0v) is 41.3. The predicted molar refractivity (Wildman–Crippen MR) is 258 cm³/mol. The number of ether oxygens (including phenoxy) is 3. The molecule has 3 heterocycles. The number of carbonyl (C=O) groups is 4. The maximum Gasteiger partial charge on any atom is 0.411 e. The summed E-state index contributed by atoms with van der Waals surface area (Å²) in [4.78, 5) is 64.4. The number of nitrogens with zero attached hydrogens (tertiary/aromatic N) is 3. The summed E-state index contributed by atoms with van der Waals surface area (Å²) in [6.07, 6.45) is 3.90. The van der Waals surface area contributed by atoms with Crippen LogP contribution in [0.3, 0.4) is 0 Å². The largest absolute Gasteiger partial charge is 0.497 e. The topological polar surface area (TPSA) is 227 Å². The third-order valence-electron chi connectivity index (χ3n) is 11.8. The van der Waals surface area contributed by atoms with E-state index in [1.807, 2.05) is 39.1 Å². The molecule has 0 bridgehead atoms. The molecule has 6 rings (SSSR count). The average Bonchev–Trinajstić information content (AvgIpc) is 3.55. The normalized spacial score (nSPS) is 19.3. The van der Waals surface area contributed by atoms with Crippen molar-refractivity contribution in [3.63, 3.8) is 0 Å². The van der Waals surface area contributed by atoms with Gasteiger partial charge in [0.15, 0.2) is 5.13 Å². The number of hydrogen-bond acceptors (Lipinski definition) is 14. The molecule has 0 unspecified atom stereocenters. The van der Waals surface area contributed by atoms with Gasteiger partial charge in [0.2, 0.25) is 5.91 Å². The molecule has 67 heavy (non-hydrogen) atoms. The number of benzene rings is 2. The highest BCUT2D eigenvalue weighted by molar-refractivity contribution is 7.90. The van der Waals surface area contributed by atoms with Crippen LogP contribution in [0.15, 0.2) is 58.8 Å². The van der Waals surface area contributed by atoms with Crippen molar-refractivity contribution in [3.05, 3.63) is 53.9 Å². The standard InChI is InChI=1S/C48H65N7O10S2/c1-29(2)34-26-48(34,44(59)54-67(61,62)41-18-15-14-17-35(41)49-22-16-12-10-9-11-13-19-42(56)57)53-43(58)39-24-32(27-55(39)46(60)65-47(5,6)7)64-40-25-37(38-28-66-45(52-38)50-30(3)4)51-36-23-31(63-8)20-21-33(36)40/h14-15,17-18,20-21,23,25,28-30,32,34,39,49H,9-13,16,19,22,24,26-27H2,1-8H3,(H,50,52)(H,53,58)(H,54,59)(H,56,57)/t32-,34+,39+,48-/m1/s1. The van der Waals surface area contributed by atoms with Crippen molar-refractivity contribution in [2.75, 3.05) is 30.8 Å². The van der Waals surface area contributed by atoms with Gasteiger partial charge in [-0.3, -0.25) is 19.3 Å². The molecule has 2 fully saturated rings. The highest BCUT2D eigenvalue weighted by Crippen LogP contribution is 2.49. The lowest BCUT2D eigenvalue weighted by molar-refractivity contribution is -0.137. The number of methoxy groups -OCH3 is 1. The first-order valence-electron chi connectivity index (χ1n) is 23.0. The predicted octanol–water partition coefficient (Wildman–Crippen LogP) is 8.21. The van der Waals surface area contributed by atoms with E-state index in [-0.39, 0.29) is 42.7 Å². The van der Waals surface area contributed by atoms with Gasteiger partial charge in [0.25, 0.3) is 15.9 Å². The summed E-state index contributed by atoms with van der Waals surface area (Å²) in [5.41, 5.74) is -0.374. The molecule has 5 N–H and O–H groups in total. The van der Waals surface area contributed by atoms with Crippen molar-refractivity contribution in [3.8, 4) is 22.9 Å². The Bertz CT molecular complexity index is 2530. The molecular formula is C48H65N7O10S2. The number of carbonyl (C=O) groups excluding carboxylic acids is 3. The number of aliphatic carboxylic acids is 1. The molecule has 0 radical (unpaired) electrons. The lowest BCUT2D eigenvalue weighted by Gasteiger charge is -2.29. The Morgan fingerprint density at radius 1 is 0.955 bits per heavy atom. The van der Waals surface area contributed by atoms with Gasteiger partial charge in [-0.15, -0.1) is 11.3 Å². The Morgan fingerprint density at radius 2 is 1.67 bits per heavy atom. The van der Waals surface area contributed by atoms with Crippen molar-refractivity contribution >= 4 is 67.0 Å². The summed E-state index contributed by atoms with van der Waals surface area (Å²) in [7, 11) is -2.86. The highest BCUT2D eigenvalue weighted by Gasteiger charge is 2.63. The average molecular weight is 964 g/mol. The van der Waals surface area contributed by atoms with E-state index in [0.29, 0.717) is 52.4 Å². The van der Waals surface area contributed by atoms with Gasteiger partial charge in [0.1, 0.15) is 45.4 Å². The fraction of sp³-hybridized carbons (Fsp3) is 0.542. The number of thiazole rings is 1. The molecule has 4 aromatic rings. The first kappa shape index (κ1) is 50.7. The molecule has 1 aliphatic carbocycles. The van der Waals surface area contributed by atoms with E-state index in [0.717, 1.165) is 37.2 Å². The third-order valence-corrected chi connectivity index (χ3v) is 13.9. The fourth-order valence-electron chi connectivity index (χ4n) is 8.37. The van der Waals surface area contributed by atoms with Gasteiger partial charge in [-0.25, -0.2) is 27.9 Å². The van der Waals surface area contributed by atoms with Gasteiger partial charge in [0, 0.05) is 48.3 Å². The Morgan fingerprint density at radius 3 is 2.34 bits per heavy atom. The number of nitrogens with one attached hydrogen (secondary N) is 4. The van der Waals surface area contributed by atoms with Crippen LogP contribution in [0.5, 0.6) is 11.5 Å². The second kappa shape index (κ2) is 21.5. The van der Waals surface area contributed by atoms with Crippen molar-refractivity contribution < 1.29 is 46.9 Å².